The minimum Gasteiger partial charge on any atom is -0.545 e. The Labute approximate surface area is 120 Å². The van der Waals surface area contributed by atoms with E-state index in [-0.39, 0.29) is 11.1 Å². The molecule has 0 aliphatic heterocycles. The molecule has 0 spiro atoms. The molecule has 21 heavy (non-hydrogen) atoms. The Hall–Kier alpha value is -2.69. The van der Waals surface area contributed by atoms with Gasteiger partial charge in [0.1, 0.15) is 17.4 Å². The highest BCUT2D eigenvalue weighted by atomic mass is 19.1. The first kappa shape index (κ1) is 14.7. The zero-order valence-corrected chi connectivity index (χ0v) is 11.1. The number of ether oxygens (including phenoxy) is 1. The number of carboxylic acid groups (broad SMARTS) is 1. The van der Waals surface area contributed by atoms with Crippen molar-refractivity contribution in [3.63, 3.8) is 0 Å². The number of hydrogen-bond donors (Lipinski definition) is 0. The third-order valence-electron chi connectivity index (χ3n) is 2.84. The lowest BCUT2D eigenvalue weighted by molar-refractivity contribution is -0.297. The van der Waals surface area contributed by atoms with Crippen LogP contribution in [0.25, 0.3) is 5.57 Å². The number of methoxy groups -OCH3 is 1. The molecule has 0 aliphatic carbocycles. The second-order valence-corrected chi connectivity index (χ2v) is 4.26. The van der Waals surface area contributed by atoms with Crippen LogP contribution in [-0.2, 0) is 4.79 Å². The van der Waals surface area contributed by atoms with E-state index in [0.29, 0.717) is 17.4 Å². The maximum Gasteiger partial charge on any atom is 0.126 e. The first-order chi connectivity index (χ1) is 9.99. The molecule has 0 saturated heterocycles. The van der Waals surface area contributed by atoms with Gasteiger partial charge in [0.2, 0.25) is 0 Å². The summed E-state index contributed by atoms with van der Waals surface area (Å²) in [6.45, 7) is 0. The molecule has 0 bridgehead atoms. The number of hydrogen-bond acceptors (Lipinski definition) is 3. The monoisotopic (exact) mass is 289 g/mol. The zero-order valence-electron chi connectivity index (χ0n) is 11.1. The van der Waals surface area contributed by atoms with Gasteiger partial charge in [-0.2, -0.15) is 0 Å². The van der Waals surface area contributed by atoms with E-state index in [2.05, 4.69) is 0 Å². The fourth-order valence-corrected chi connectivity index (χ4v) is 1.93. The van der Waals surface area contributed by atoms with E-state index < -0.39 is 17.6 Å². The Morgan fingerprint density at radius 3 is 2.10 bits per heavy atom. The van der Waals surface area contributed by atoms with Gasteiger partial charge in [0.05, 0.1) is 13.1 Å². The summed E-state index contributed by atoms with van der Waals surface area (Å²) in [5.74, 6) is -2.45. The number of carboxylic acids is 1. The number of benzene rings is 2. The van der Waals surface area contributed by atoms with Gasteiger partial charge >= 0.3 is 0 Å². The molecular weight excluding hydrogens is 278 g/mol. The van der Waals surface area contributed by atoms with E-state index in [0.717, 1.165) is 18.2 Å². The Bertz CT molecular complexity index is 671. The SMILES string of the molecule is COc1ccc(/C(=C/C(=O)[O-])c2cc(F)cc(F)c2)cc1. The van der Waals surface area contributed by atoms with E-state index in [1.165, 1.54) is 7.11 Å². The molecule has 0 N–H and O–H groups in total. The Kier molecular flexibility index (Phi) is 4.33. The summed E-state index contributed by atoms with van der Waals surface area (Å²) in [5.41, 5.74) is 0.739. The van der Waals surface area contributed by atoms with Crippen LogP contribution in [0.5, 0.6) is 5.75 Å². The second kappa shape index (κ2) is 6.17. The fraction of sp³-hybridized carbons (Fsp3) is 0.0625. The number of carbonyl (C=O) groups excluding carboxylic acids is 1. The zero-order chi connectivity index (χ0) is 15.4. The predicted molar refractivity (Wildman–Crippen MR) is 71.4 cm³/mol. The molecule has 0 aliphatic rings. The van der Waals surface area contributed by atoms with Crippen LogP contribution in [0, 0.1) is 11.6 Å². The van der Waals surface area contributed by atoms with Crippen LogP contribution in [0.3, 0.4) is 0 Å². The summed E-state index contributed by atoms with van der Waals surface area (Å²) in [7, 11) is 1.49. The quantitative estimate of drug-likeness (QED) is 0.810. The van der Waals surface area contributed by atoms with E-state index in [1.54, 1.807) is 24.3 Å². The van der Waals surface area contributed by atoms with E-state index in [1.807, 2.05) is 0 Å². The van der Waals surface area contributed by atoms with Gasteiger partial charge in [0.15, 0.2) is 0 Å². The highest BCUT2D eigenvalue weighted by Crippen LogP contribution is 2.26. The van der Waals surface area contributed by atoms with Gasteiger partial charge in [-0.15, -0.1) is 0 Å². The van der Waals surface area contributed by atoms with Gasteiger partial charge in [0, 0.05) is 6.07 Å². The van der Waals surface area contributed by atoms with Crippen molar-refractivity contribution in [1.82, 2.24) is 0 Å². The highest BCUT2D eigenvalue weighted by molar-refractivity contribution is 5.94. The maximum atomic E-state index is 13.3. The van der Waals surface area contributed by atoms with Gasteiger partial charge < -0.3 is 14.6 Å². The number of rotatable bonds is 4. The molecule has 108 valence electrons. The average molecular weight is 289 g/mol. The lowest BCUT2D eigenvalue weighted by Gasteiger charge is -2.11. The standard InChI is InChI=1S/C16H12F2O3/c1-21-14-4-2-10(3-5-14)15(9-16(19)20)11-6-12(17)8-13(18)7-11/h2-9H,1H3,(H,19,20)/p-1/b15-9-. The molecule has 2 aromatic rings. The van der Waals surface area contributed by atoms with Crippen LogP contribution in [0.2, 0.25) is 0 Å². The molecule has 0 radical (unpaired) electrons. The van der Waals surface area contributed by atoms with Gasteiger partial charge in [0.25, 0.3) is 0 Å². The number of halogens is 2. The van der Waals surface area contributed by atoms with Gasteiger partial charge in [-0.1, -0.05) is 12.1 Å². The van der Waals surface area contributed by atoms with Crippen molar-refractivity contribution in [1.29, 1.82) is 0 Å². The molecule has 5 heteroatoms. The first-order valence-corrected chi connectivity index (χ1v) is 6.03. The Balaban J connectivity index is 2.55. The van der Waals surface area contributed by atoms with Crippen LogP contribution in [0.4, 0.5) is 8.78 Å². The van der Waals surface area contributed by atoms with Crippen molar-refractivity contribution < 1.29 is 23.4 Å². The maximum absolute atomic E-state index is 13.3. The normalized spacial score (nSPS) is 11.3. The third-order valence-corrected chi connectivity index (χ3v) is 2.84. The van der Waals surface area contributed by atoms with Crippen LogP contribution in [-0.4, -0.2) is 13.1 Å². The minimum atomic E-state index is -1.45. The number of carbonyl (C=O) groups is 1. The van der Waals surface area contributed by atoms with Crippen molar-refractivity contribution in [2.45, 2.75) is 0 Å². The third kappa shape index (κ3) is 3.66. The summed E-state index contributed by atoms with van der Waals surface area (Å²) >= 11 is 0. The van der Waals surface area contributed by atoms with Crippen molar-refractivity contribution >= 4 is 11.5 Å². The lowest BCUT2D eigenvalue weighted by Crippen LogP contribution is -2.19. The highest BCUT2D eigenvalue weighted by Gasteiger charge is 2.09. The van der Waals surface area contributed by atoms with Crippen LogP contribution in [0.1, 0.15) is 11.1 Å². The molecular formula is C16H11F2O3-. The summed E-state index contributed by atoms with van der Waals surface area (Å²) in [4.78, 5) is 10.8. The molecule has 0 fully saturated rings. The smallest absolute Gasteiger partial charge is 0.126 e. The lowest BCUT2D eigenvalue weighted by atomic mass is 9.97. The molecule has 0 saturated carbocycles. The topological polar surface area (TPSA) is 49.4 Å². The molecule has 0 unspecified atom stereocenters. The van der Waals surface area contributed by atoms with Crippen LogP contribution < -0.4 is 9.84 Å². The fourth-order valence-electron chi connectivity index (χ4n) is 1.93. The Morgan fingerprint density at radius 2 is 1.62 bits per heavy atom. The van der Waals surface area contributed by atoms with Crippen LogP contribution >= 0.6 is 0 Å². The molecule has 2 rings (SSSR count). The molecule has 0 amide bonds. The van der Waals surface area contributed by atoms with Gasteiger partial charge in [-0.25, -0.2) is 8.78 Å². The first-order valence-electron chi connectivity index (χ1n) is 6.03. The van der Waals surface area contributed by atoms with E-state index in [4.69, 9.17) is 4.74 Å². The number of aliphatic carboxylic acids is 1. The van der Waals surface area contributed by atoms with Gasteiger partial charge in [-0.05, 0) is 47.0 Å². The van der Waals surface area contributed by atoms with Crippen molar-refractivity contribution in [3.8, 4) is 5.75 Å². The van der Waals surface area contributed by atoms with Crippen molar-refractivity contribution in [2.75, 3.05) is 7.11 Å². The second-order valence-electron chi connectivity index (χ2n) is 4.26. The van der Waals surface area contributed by atoms with E-state index in [9.17, 15) is 18.7 Å². The van der Waals surface area contributed by atoms with Crippen molar-refractivity contribution in [3.05, 3.63) is 71.3 Å². The van der Waals surface area contributed by atoms with Crippen molar-refractivity contribution in [2.24, 2.45) is 0 Å². The molecule has 0 atom stereocenters. The summed E-state index contributed by atoms with van der Waals surface area (Å²) in [6.07, 6.45) is 0.802. The van der Waals surface area contributed by atoms with E-state index >= 15 is 0 Å². The molecule has 0 heterocycles. The van der Waals surface area contributed by atoms with Crippen LogP contribution in [0.15, 0.2) is 48.5 Å². The minimum absolute atomic E-state index is 0.113. The molecule has 3 nitrogen and oxygen atoms in total. The summed E-state index contributed by atoms with van der Waals surface area (Å²) < 4.78 is 31.6. The summed E-state index contributed by atoms with van der Waals surface area (Å²) in [5, 5.41) is 10.8. The molecule has 0 aromatic heterocycles. The molecule has 2 aromatic carbocycles. The predicted octanol–water partition coefficient (Wildman–Crippen LogP) is 2.16. The largest absolute Gasteiger partial charge is 0.545 e. The summed E-state index contributed by atoms with van der Waals surface area (Å²) in [6, 6.07) is 9.26. The van der Waals surface area contributed by atoms with Gasteiger partial charge in [-0.3, -0.25) is 0 Å². The average Bonchev–Trinajstić information content (AvgIpc) is 2.43. The Morgan fingerprint density at radius 1 is 1.05 bits per heavy atom.